The molecule has 0 aromatic heterocycles. The number of carbonyl (C=O) groups excluding carboxylic acids is 1. The Hall–Kier alpha value is -1.24. The minimum atomic E-state index is -0.00517. The van der Waals surface area contributed by atoms with Crippen LogP contribution in [0.15, 0.2) is 18.2 Å². The van der Waals surface area contributed by atoms with E-state index in [-0.39, 0.29) is 11.8 Å². The van der Waals surface area contributed by atoms with Crippen LogP contribution < -0.4 is 4.90 Å². The monoisotopic (exact) mass is 268 g/mol. The maximum absolute atomic E-state index is 11.8. The van der Waals surface area contributed by atoms with Gasteiger partial charge in [0, 0.05) is 23.9 Å². The number of rotatable bonds is 2. The van der Waals surface area contributed by atoms with Crippen LogP contribution in [-0.4, -0.2) is 18.3 Å². The van der Waals surface area contributed by atoms with Gasteiger partial charge in [-0.15, -0.1) is 11.6 Å². The quantitative estimate of drug-likeness (QED) is 0.775. The van der Waals surface area contributed by atoms with Crippen molar-refractivity contribution < 1.29 is 4.79 Å². The van der Waals surface area contributed by atoms with E-state index in [0.717, 1.165) is 0 Å². The van der Waals surface area contributed by atoms with Crippen LogP contribution in [0, 0.1) is 17.2 Å². The molecule has 1 aromatic carbocycles. The highest BCUT2D eigenvalue weighted by Gasteiger charge is 2.31. The molecule has 0 aliphatic carbocycles. The molecule has 1 saturated heterocycles. The smallest absolute Gasteiger partial charge is 0.227 e. The second kappa shape index (κ2) is 4.95. The van der Waals surface area contributed by atoms with Crippen molar-refractivity contribution in [3.63, 3.8) is 0 Å². The zero-order valence-electron chi connectivity index (χ0n) is 8.99. The fourth-order valence-corrected chi connectivity index (χ4v) is 2.31. The van der Waals surface area contributed by atoms with E-state index in [1.54, 1.807) is 23.1 Å². The van der Waals surface area contributed by atoms with Gasteiger partial charge in [-0.1, -0.05) is 11.6 Å². The Kier molecular flexibility index (Phi) is 3.56. The number of nitrogens with zero attached hydrogens (tertiary/aromatic N) is 2. The van der Waals surface area contributed by atoms with Gasteiger partial charge in [0.2, 0.25) is 5.91 Å². The highest BCUT2D eigenvalue weighted by molar-refractivity contribution is 6.31. The predicted octanol–water partition coefficient (Wildman–Crippen LogP) is 2.80. The summed E-state index contributed by atoms with van der Waals surface area (Å²) >= 11 is 11.7. The van der Waals surface area contributed by atoms with Crippen molar-refractivity contribution in [1.82, 2.24) is 0 Å². The molecule has 1 amide bonds. The lowest BCUT2D eigenvalue weighted by Gasteiger charge is -2.18. The lowest BCUT2D eigenvalue weighted by Crippen LogP contribution is -2.25. The Morgan fingerprint density at radius 1 is 1.53 bits per heavy atom. The minimum absolute atomic E-state index is 0.00517. The maximum Gasteiger partial charge on any atom is 0.227 e. The number of anilines is 1. The molecule has 0 radical (unpaired) electrons. The third-order valence-electron chi connectivity index (χ3n) is 2.79. The lowest BCUT2D eigenvalue weighted by atomic mass is 10.1. The van der Waals surface area contributed by atoms with Crippen molar-refractivity contribution in [2.24, 2.45) is 5.92 Å². The summed E-state index contributed by atoms with van der Waals surface area (Å²) in [5, 5.41) is 9.54. The molecule has 3 nitrogen and oxygen atoms in total. The predicted molar refractivity (Wildman–Crippen MR) is 67.3 cm³/mol. The van der Waals surface area contributed by atoms with Crippen molar-refractivity contribution in [2.75, 3.05) is 17.3 Å². The van der Waals surface area contributed by atoms with E-state index < -0.39 is 0 Å². The fourth-order valence-electron chi connectivity index (χ4n) is 1.94. The molecule has 1 heterocycles. The molecular weight excluding hydrogens is 259 g/mol. The van der Waals surface area contributed by atoms with E-state index in [1.807, 2.05) is 0 Å². The standard InChI is InChI=1S/C12H10Cl2N2O/c13-5-8-3-12(17)16(7-8)11-4-10(14)2-1-9(11)6-15/h1-2,4,8H,3,5,7H2. The van der Waals surface area contributed by atoms with Crippen molar-refractivity contribution in [3.05, 3.63) is 28.8 Å². The van der Waals surface area contributed by atoms with Crippen molar-refractivity contribution >= 4 is 34.8 Å². The summed E-state index contributed by atoms with van der Waals surface area (Å²) in [5.74, 6) is 0.592. The Labute approximate surface area is 110 Å². The van der Waals surface area contributed by atoms with Crippen LogP contribution in [0.3, 0.4) is 0 Å². The molecule has 1 aromatic rings. The summed E-state index contributed by atoms with van der Waals surface area (Å²) in [4.78, 5) is 13.4. The molecule has 2 rings (SSSR count). The van der Waals surface area contributed by atoms with Crippen LogP contribution >= 0.6 is 23.2 Å². The van der Waals surface area contributed by atoms with Crippen LogP contribution in [0.2, 0.25) is 5.02 Å². The largest absolute Gasteiger partial charge is 0.311 e. The number of benzene rings is 1. The van der Waals surface area contributed by atoms with Gasteiger partial charge in [-0.25, -0.2) is 0 Å². The summed E-state index contributed by atoms with van der Waals surface area (Å²) in [6.07, 6.45) is 0.431. The molecule has 88 valence electrons. The zero-order chi connectivity index (χ0) is 12.4. The van der Waals surface area contributed by atoms with Crippen LogP contribution in [0.1, 0.15) is 12.0 Å². The zero-order valence-corrected chi connectivity index (χ0v) is 10.5. The molecule has 0 saturated carbocycles. The summed E-state index contributed by atoms with van der Waals surface area (Å²) in [6.45, 7) is 0.553. The Morgan fingerprint density at radius 2 is 2.29 bits per heavy atom. The SMILES string of the molecule is N#Cc1ccc(Cl)cc1N1CC(CCl)CC1=O. The number of hydrogen-bond donors (Lipinski definition) is 0. The van der Waals surface area contributed by atoms with E-state index in [0.29, 0.717) is 35.1 Å². The second-order valence-electron chi connectivity index (χ2n) is 4.00. The number of alkyl halides is 1. The summed E-state index contributed by atoms with van der Waals surface area (Å²) in [5.41, 5.74) is 1.04. The maximum atomic E-state index is 11.8. The van der Waals surface area contributed by atoms with E-state index in [9.17, 15) is 4.79 Å². The number of amides is 1. The average molecular weight is 269 g/mol. The Bertz CT molecular complexity index is 496. The van der Waals surface area contributed by atoms with Gasteiger partial charge < -0.3 is 4.90 Å². The molecule has 0 bridgehead atoms. The molecule has 1 unspecified atom stereocenters. The molecule has 1 atom stereocenters. The summed E-state index contributed by atoms with van der Waals surface area (Å²) < 4.78 is 0. The van der Waals surface area contributed by atoms with Crippen molar-refractivity contribution in [3.8, 4) is 6.07 Å². The number of hydrogen-bond acceptors (Lipinski definition) is 2. The van der Waals surface area contributed by atoms with Crippen LogP contribution in [-0.2, 0) is 4.79 Å². The third-order valence-corrected chi connectivity index (χ3v) is 3.47. The normalized spacial score (nSPS) is 19.5. The first-order chi connectivity index (χ1) is 8.15. The Morgan fingerprint density at radius 3 is 2.88 bits per heavy atom. The Balaban J connectivity index is 2.37. The number of nitriles is 1. The molecule has 0 N–H and O–H groups in total. The van der Waals surface area contributed by atoms with Crippen LogP contribution in [0.5, 0.6) is 0 Å². The minimum Gasteiger partial charge on any atom is -0.311 e. The average Bonchev–Trinajstić information content (AvgIpc) is 2.70. The van der Waals surface area contributed by atoms with Gasteiger partial charge in [0.05, 0.1) is 11.3 Å². The summed E-state index contributed by atoms with van der Waals surface area (Å²) in [7, 11) is 0. The van der Waals surface area contributed by atoms with Gasteiger partial charge in [-0.05, 0) is 24.1 Å². The lowest BCUT2D eigenvalue weighted by molar-refractivity contribution is -0.117. The van der Waals surface area contributed by atoms with Crippen molar-refractivity contribution in [2.45, 2.75) is 6.42 Å². The first-order valence-electron chi connectivity index (χ1n) is 5.21. The molecule has 5 heteroatoms. The first kappa shape index (κ1) is 12.2. The molecule has 1 fully saturated rings. The van der Waals surface area contributed by atoms with Gasteiger partial charge in [0.1, 0.15) is 6.07 Å². The third kappa shape index (κ3) is 2.38. The highest BCUT2D eigenvalue weighted by Crippen LogP contribution is 2.30. The van der Waals surface area contributed by atoms with E-state index in [2.05, 4.69) is 6.07 Å². The molecular formula is C12H10Cl2N2O. The first-order valence-corrected chi connectivity index (χ1v) is 6.13. The molecule has 0 spiro atoms. The van der Waals surface area contributed by atoms with E-state index >= 15 is 0 Å². The van der Waals surface area contributed by atoms with Gasteiger partial charge >= 0.3 is 0 Å². The van der Waals surface area contributed by atoms with Crippen LogP contribution in [0.25, 0.3) is 0 Å². The molecule has 1 aliphatic heterocycles. The van der Waals surface area contributed by atoms with E-state index in [4.69, 9.17) is 28.5 Å². The molecule has 17 heavy (non-hydrogen) atoms. The summed E-state index contributed by atoms with van der Waals surface area (Å²) in [6, 6.07) is 6.98. The second-order valence-corrected chi connectivity index (χ2v) is 4.75. The number of halogens is 2. The van der Waals surface area contributed by atoms with Crippen molar-refractivity contribution in [1.29, 1.82) is 5.26 Å². The molecule has 1 aliphatic rings. The van der Waals surface area contributed by atoms with Gasteiger partial charge in [0.15, 0.2) is 0 Å². The fraction of sp³-hybridized carbons (Fsp3) is 0.333. The highest BCUT2D eigenvalue weighted by atomic mass is 35.5. The van der Waals surface area contributed by atoms with Gasteiger partial charge in [-0.3, -0.25) is 4.79 Å². The number of carbonyl (C=O) groups is 1. The van der Waals surface area contributed by atoms with E-state index in [1.165, 1.54) is 0 Å². The van der Waals surface area contributed by atoms with Gasteiger partial charge in [0.25, 0.3) is 0 Å². The van der Waals surface area contributed by atoms with Crippen LogP contribution in [0.4, 0.5) is 5.69 Å². The topological polar surface area (TPSA) is 44.1 Å². The van der Waals surface area contributed by atoms with Gasteiger partial charge in [-0.2, -0.15) is 5.26 Å².